The first-order valence-electron chi connectivity index (χ1n) is 13.7. The number of esters is 1. The second-order valence-corrected chi connectivity index (χ2v) is 11.5. The molecule has 4 aliphatic heterocycles. The Morgan fingerprint density at radius 1 is 1.08 bits per heavy atom. The lowest BCUT2D eigenvalue weighted by atomic mass is 9.58. The number of aliphatic hydroxyl groups is 1. The van der Waals surface area contributed by atoms with Crippen LogP contribution in [0.25, 0.3) is 0 Å². The van der Waals surface area contributed by atoms with E-state index in [1.165, 1.54) is 0 Å². The van der Waals surface area contributed by atoms with Gasteiger partial charge in [0.2, 0.25) is 18.0 Å². The van der Waals surface area contributed by atoms with Gasteiger partial charge in [-0.25, -0.2) is 14.6 Å². The number of hydrogen-bond acceptors (Lipinski definition) is 9. The summed E-state index contributed by atoms with van der Waals surface area (Å²) in [4.78, 5) is 48.8. The van der Waals surface area contributed by atoms with Crippen LogP contribution in [-0.4, -0.2) is 58.1 Å². The lowest BCUT2D eigenvalue weighted by Crippen LogP contribution is -2.70. The van der Waals surface area contributed by atoms with E-state index in [9.17, 15) is 24.6 Å². The van der Waals surface area contributed by atoms with Crippen LogP contribution in [0.4, 0.5) is 0 Å². The Bertz CT molecular complexity index is 1080. The molecule has 4 saturated heterocycles. The topological polar surface area (TPSA) is 150 Å². The number of aliphatic carboxylic acids is 1. The number of carbonyl (C=O) groups is 3. The molecule has 1 aromatic rings. The molecule has 2 bridgehead atoms. The first-order valence-corrected chi connectivity index (χ1v) is 13.7. The van der Waals surface area contributed by atoms with Crippen LogP contribution in [0.15, 0.2) is 30.3 Å². The Morgan fingerprint density at radius 2 is 1.82 bits per heavy atom. The lowest BCUT2D eigenvalue weighted by molar-refractivity contribution is -0.576. The van der Waals surface area contributed by atoms with Gasteiger partial charge in [0, 0.05) is 24.7 Å². The van der Waals surface area contributed by atoms with Gasteiger partial charge in [0.1, 0.15) is 6.10 Å². The molecule has 1 amide bonds. The Kier molecular flexibility index (Phi) is 7.73. The maximum Gasteiger partial charge on any atom is 0.329 e. The molecule has 1 aromatic carbocycles. The number of hydrogen-bond donors (Lipinski definition) is 3. The number of carbonyl (C=O) groups excluding carboxylic acids is 2. The SMILES string of the molecule is C[C@H]1[C@H](OC(=O)CCC(=O)N[C@H](C(=O)O)C(O)c2ccccc2)O[C@@H]2OC3(C)CC[C@H]4[C@H](C)CC[C@@H]1C24OO3. The molecule has 0 aromatic heterocycles. The number of aliphatic hydroxyl groups excluding tert-OH is 1. The maximum atomic E-state index is 12.8. The van der Waals surface area contributed by atoms with E-state index in [4.69, 9.17) is 24.0 Å². The van der Waals surface area contributed by atoms with Gasteiger partial charge in [0.05, 0.1) is 6.42 Å². The Hall–Kier alpha value is -2.57. The highest BCUT2D eigenvalue weighted by Gasteiger charge is 2.69. The number of carboxylic acids is 1. The van der Waals surface area contributed by atoms with Gasteiger partial charge in [-0.1, -0.05) is 44.2 Å². The van der Waals surface area contributed by atoms with E-state index in [-0.39, 0.29) is 30.6 Å². The molecule has 10 atom stereocenters. The van der Waals surface area contributed by atoms with Gasteiger partial charge < -0.3 is 29.7 Å². The van der Waals surface area contributed by atoms with Crippen molar-refractivity contribution in [1.82, 2.24) is 5.32 Å². The summed E-state index contributed by atoms with van der Waals surface area (Å²) in [6.07, 6.45) is -0.297. The van der Waals surface area contributed by atoms with Crippen LogP contribution >= 0.6 is 0 Å². The first kappa shape index (κ1) is 28.0. The molecule has 11 heteroatoms. The van der Waals surface area contributed by atoms with Crippen molar-refractivity contribution >= 4 is 17.8 Å². The summed E-state index contributed by atoms with van der Waals surface area (Å²) in [5, 5.41) is 22.3. The number of carboxylic acid groups (broad SMARTS) is 1. The molecule has 0 radical (unpaired) electrons. The van der Waals surface area contributed by atoms with E-state index in [1.54, 1.807) is 30.3 Å². The average Bonchev–Trinajstić information content (AvgIpc) is 3.14. The summed E-state index contributed by atoms with van der Waals surface area (Å²) in [5.41, 5.74) is -0.427. The predicted molar refractivity (Wildman–Crippen MR) is 133 cm³/mol. The van der Waals surface area contributed by atoms with Crippen molar-refractivity contribution in [1.29, 1.82) is 0 Å². The molecule has 39 heavy (non-hydrogen) atoms. The van der Waals surface area contributed by atoms with E-state index in [2.05, 4.69) is 12.2 Å². The lowest BCUT2D eigenvalue weighted by Gasteiger charge is -2.59. The maximum absolute atomic E-state index is 12.8. The van der Waals surface area contributed by atoms with Crippen molar-refractivity contribution in [3.8, 4) is 0 Å². The van der Waals surface area contributed by atoms with E-state index < -0.39 is 54.0 Å². The molecule has 3 unspecified atom stereocenters. The molecule has 1 aliphatic carbocycles. The second-order valence-electron chi connectivity index (χ2n) is 11.5. The van der Waals surface area contributed by atoms with Gasteiger partial charge in [-0.3, -0.25) is 9.59 Å². The van der Waals surface area contributed by atoms with Gasteiger partial charge in [-0.05, 0) is 43.6 Å². The predicted octanol–water partition coefficient (Wildman–Crippen LogP) is 2.82. The number of ether oxygens (including phenoxy) is 3. The van der Waals surface area contributed by atoms with Gasteiger partial charge >= 0.3 is 11.9 Å². The summed E-state index contributed by atoms with van der Waals surface area (Å²) in [6.45, 7) is 5.99. The minimum absolute atomic E-state index is 0.0167. The summed E-state index contributed by atoms with van der Waals surface area (Å²) >= 11 is 0. The number of benzene rings is 1. The first-order chi connectivity index (χ1) is 18.5. The molecular weight excluding hydrogens is 510 g/mol. The van der Waals surface area contributed by atoms with Crippen molar-refractivity contribution in [2.45, 2.75) is 95.4 Å². The Balaban J connectivity index is 1.20. The van der Waals surface area contributed by atoms with Crippen LogP contribution in [0.1, 0.15) is 71.0 Å². The third-order valence-corrected chi connectivity index (χ3v) is 8.94. The number of fused-ring (bicyclic) bond motifs is 2. The van der Waals surface area contributed by atoms with Gasteiger partial charge in [0.25, 0.3) is 0 Å². The van der Waals surface area contributed by atoms with Crippen molar-refractivity contribution in [3.63, 3.8) is 0 Å². The highest BCUT2D eigenvalue weighted by molar-refractivity contribution is 5.86. The summed E-state index contributed by atoms with van der Waals surface area (Å²) < 4.78 is 18.2. The Labute approximate surface area is 227 Å². The monoisotopic (exact) mass is 547 g/mol. The largest absolute Gasteiger partial charge is 0.480 e. The summed E-state index contributed by atoms with van der Waals surface area (Å²) in [5.74, 6) is -3.33. The highest BCUT2D eigenvalue weighted by Crippen LogP contribution is 2.60. The smallest absolute Gasteiger partial charge is 0.329 e. The molecular formula is C28H37NO10. The normalized spacial score (nSPS) is 38.6. The number of amides is 1. The minimum atomic E-state index is -1.57. The van der Waals surface area contributed by atoms with Crippen LogP contribution in [0.5, 0.6) is 0 Å². The molecule has 6 rings (SSSR count). The zero-order valence-electron chi connectivity index (χ0n) is 22.4. The quantitative estimate of drug-likeness (QED) is 0.327. The number of nitrogens with one attached hydrogen (secondary N) is 1. The zero-order chi connectivity index (χ0) is 27.9. The molecule has 1 saturated carbocycles. The molecule has 214 valence electrons. The molecule has 3 N–H and O–H groups in total. The van der Waals surface area contributed by atoms with Gasteiger partial charge in [-0.2, -0.15) is 0 Å². The summed E-state index contributed by atoms with van der Waals surface area (Å²) in [7, 11) is 0. The fourth-order valence-corrected chi connectivity index (χ4v) is 6.77. The van der Waals surface area contributed by atoms with Crippen LogP contribution < -0.4 is 5.32 Å². The van der Waals surface area contributed by atoms with Crippen LogP contribution in [0.2, 0.25) is 0 Å². The second kappa shape index (κ2) is 10.8. The van der Waals surface area contributed by atoms with Crippen molar-refractivity contribution < 1.29 is 48.6 Å². The Morgan fingerprint density at radius 3 is 2.54 bits per heavy atom. The summed E-state index contributed by atoms with van der Waals surface area (Å²) in [6, 6.07) is 6.61. The fourth-order valence-electron chi connectivity index (χ4n) is 6.77. The van der Waals surface area contributed by atoms with Crippen molar-refractivity contribution in [2.75, 3.05) is 0 Å². The van der Waals surface area contributed by atoms with Crippen LogP contribution in [0, 0.1) is 23.7 Å². The van der Waals surface area contributed by atoms with Crippen molar-refractivity contribution in [3.05, 3.63) is 35.9 Å². The minimum Gasteiger partial charge on any atom is -0.480 e. The fraction of sp³-hybridized carbons (Fsp3) is 0.679. The van der Waals surface area contributed by atoms with Gasteiger partial charge in [-0.15, -0.1) is 0 Å². The molecule has 1 spiro atoms. The van der Waals surface area contributed by atoms with Crippen molar-refractivity contribution in [2.24, 2.45) is 23.7 Å². The third kappa shape index (κ3) is 5.18. The molecule has 5 fully saturated rings. The van der Waals surface area contributed by atoms with E-state index >= 15 is 0 Å². The molecule has 4 heterocycles. The third-order valence-electron chi connectivity index (χ3n) is 8.94. The standard InChI is InChI=1S/C28H37NO10/c1-15-9-10-19-16(2)25(36-26-28(19)18(15)13-14-27(3,37-26)38-39-28)35-21(31)12-11-20(30)29-22(24(33)34)23(32)17-7-5-4-6-8-17/h4-8,15-16,18-19,22-23,25-26,32H,9-14H2,1-3H3,(H,29,30)(H,33,34)/t15-,16-,18+,19+,22+,23?,25-,26-,27?,28?/m1/s1. The zero-order valence-corrected chi connectivity index (χ0v) is 22.4. The highest BCUT2D eigenvalue weighted by atomic mass is 17.3. The molecule has 11 nitrogen and oxygen atoms in total. The van der Waals surface area contributed by atoms with E-state index in [1.807, 2.05) is 13.8 Å². The van der Waals surface area contributed by atoms with Crippen LogP contribution in [-0.2, 0) is 38.4 Å². The van der Waals surface area contributed by atoms with Gasteiger partial charge in [0.15, 0.2) is 17.9 Å². The number of rotatable bonds is 8. The molecule has 5 aliphatic rings. The average molecular weight is 548 g/mol. The van der Waals surface area contributed by atoms with Crippen LogP contribution in [0.3, 0.4) is 0 Å². The van der Waals surface area contributed by atoms with E-state index in [0.717, 1.165) is 19.3 Å². The van der Waals surface area contributed by atoms with E-state index in [0.29, 0.717) is 17.9 Å².